The summed E-state index contributed by atoms with van der Waals surface area (Å²) in [5.41, 5.74) is 10.9. The van der Waals surface area contributed by atoms with Gasteiger partial charge in [0.2, 0.25) is 5.95 Å². The largest absolute Gasteiger partial charge is 0.469 e. The number of aliphatic hydroxyl groups is 1. The topological polar surface area (TPSA) is 215 Å². The first kappa shape index (κ1) is 25.4. The van der Waals surface area contributed by atoms with Crippen LogP contribution in [-0.4, -0.2) is 83.8 Å². The molecule has 0 spiro atoms. The zero-order chi connectivity index (χ0) is 23.3. The number of nitrogens with two attached hydrogens (primary N) is 2. The summed E-state index contributed by atoms with van der Waals surface area (Å²) in [6.45, 7) is 9.55. The van der Waals surface area contributed by atoms with Crippen LogP contribution in [0.2, 0.25) is 0 Å². The van der Waals surface area contributed by atoms with Crippen molar-refractivity contribution in [2.75, 3.05) is 32.0 Å². The zero-order valence-corrected chi connectivity index (χ0v) is 18.5. The average molecular weight is 463 g/mol. The lowest BCUT2D eigenvalue weighted by Gasteiger charge is -2.17. The molecule has 2 aromatic rings. The van der Waals surface area contributed by atoms with Gasteiger partial charge >= 0.3 is 7.82 Å². The van der Waals surface area contributed by atoms with Gasteiger partial charge in [0, 0.05) is 0 Å². The third-order valence-corrected chi connectivity index (χ3v) is 5.38. The SMILES string of the molecule is CCN(CC)CC.Nc1nc2c(ncn2[C@@H]2O[C@H](COP(=O)(O)O)[C@@H](O)[C@H]2N)c(=O)[nH]1. The number of phosphoric ester groups is 1. The molecule has 3 heterocycles. The highest BCUT2D eigenvalue weighted by atomic mass is 31.2. The number of nitrogens with one attached hydrogen (secondary N) is 1. The van der Waals surface area contributed by atoms with Crippen molar-refractivity contribution >= 4 is 24.9 Å². The molecule has 4 atom stereocenters. The molecule has 3 rings (SSSR count). The van der Waals surface area contributed by atoms with Crippen LogP contribution in [0, 0.1) is 0 Å². The Labute approximate surface area is 178 Å². The van der Waals surface area contributed by atoms with E-state index in [2.05, 4.69) is 45.1 Å². The third-order valence-electron chi connectivity index (χ3n) is 4.89. The van der Waals surface area contributed by atoms with Gasteiger partial charge in [0.15, 0.2) is 17.4 Å². The Morgan fingerprint density at radius 1 is 1.32 bits per heavy atom. The second kappa shape index (κ2) is 10.6. The van der Waals surface area contributed by atoms with Gasteiger partial charge in [-0.25, -0.2) is 9.55 Å². The molecule has 1 fully saturated rings. The summed E-state index contributed by atoms with van der Waals surface area (Å²) in [4.78, 5) is 41.7. The molecule has 0 unspecified atom stereocenters. The Balaban J connectivity index is 0.000000423. The van der Waals surface area contributed by atoms with Gasteiger partial charge in [0.05, 0.1) is 19.0 Å². The van der Waals surface area contributed by atoms with Gasteiger partial charge in [-0.05, 0) is 19.6 Å². The number of nitrogen functional groups attached to an aromatic ring is 1. The van der Waals surface area contributed by atoms with Crippen molar-refractivity contribution in [3.05, 3.63) is 16.7 Å². The lowest BCUT2D eigenvalue weighted by molar-refractivity contribution is -0.0429. The minimum absolute atomic E-state index is 0.00408. The molecule has 0 aliphatic carbocycles. The number of H-pyrrole nitrogens is 1. The van der Waals surface area contributed by atoms with Gasteiger partial charge in [-0.3, -0.25) is 18.9 Å². The van der Waals surface area contributed by atoms with Gasteiger partial charge < -0.3 is 36.0 Å². The van der Waals surface area contributed by atoms with Gasteiger partial charge in [0.1, 0.15) is 12.2 Å². The fourth-order valence-corrected chi connectivity index (χ4v) is 3.47. The highest BCUT2D eigenvalue weighted by Crippen LogP contribution is 2.38. The predicted molar refractivity (Wildman–Crippen MR) is 112 cm³/mol. The van der Waals surface area contributed by atoms with Crippen molar-refractivity contribution in [3.63, 3.8) is 0 Å². The number of ether oxygens (including phenoxy) is 1. The third kappa shape index (κ3) is 6.30. The lowest BCUT2D eigenvalue weighted by atomic mass is 10.1. The maximum absolute atomic E-state index is 11.8. The van der Waals surface area contributed by atoms with Gasteiger partial charge in [0.25, 0.3) is 5.56 Å². The molecule has 0 aromatic carbocycles. The summed E-state index contributed by atoms with van der Waals surface area (Å²) in [7, 11) is -4.72. The molecular formula is C16H30N7O7P. The molecule has 1 aliphatic heterocycles. The predicted octanol–water partition coefficient (Wildman–Crippen LogP) is -1.26. The zero-order valence-electron chi connectivity index (χ0n) is 17.6. The molecule has 0 saturated carbocycles. The first-order chi connectivity index (χ1) is 14.5. The molecule has 0 bridgehead atoms. The molecule has 31 heavy (non-hydrogen) atoms. The average Bonchev–Trinajstić information content (AvgIpc) is 3.23. The summed E-state index contributed by atoms with van der Waals surface area (Å²) in [5, 5.41) is 10.1. The van der Waals surface area contributed by atoms with Crippen molar-refractivity contribution in [3.8, 4) is 0 Å². The molecule has 1 aliphatic rings. The molecule has 8 N–H and O–H groups in total. The van der Waals surface area contributed by atoms with Crippen molar-refractivity contribution in [1.29, 1.82) is 0 Å². The van der Waals surface area contributed by atoms with Crippen LogP contribution in [0.25, 0.3) is 11.2 Å². The fraction of sp³-hybridized carbons (Fsp3) is 0.688. The highest BCUT2D eigenvalue weighted by molar-refractivity contribution is 7.46. The number of imidazole rings is 1. The van der Waals surface area contributed by atoms with E-state index in [0.717, 1.165) is 0 Å². The van der Waals surface area contributed by atoms with Crippen molar-refractivity contribution < 1.29 is 28.7 Å². The van der Waals surface area contributed by atoms with E-state index in [1.165, 1.54) is 30.5 Å². The minimum Gasteiger partial charge on any atom is -0.389 e. The molecule has 14 nitrogen and oxygen atoms in total. The summed E-state index contributed by atoms with van der Waals surface area (Å²) < 4.78 is 21.9. The Bertz CT molecular complexity index is 952. The van der Waals surface area contributed by atoms with E-state index in [4.69, 9.17) is 26.0 Å². The van der Waals surface area contributed by atoms with Crippen LogP contribution in [0.1, 0.15) is 27.0 Å². The maximum Gasteiger partial charge on any atom is 0.469 e. The monoisotopic (exact) mass is 463 g/mol. The Morgan fingerprint density at radius 3 is 2.45 bits per heavy atom. The number of anilines is 1. The molecule has 0 amide bonds. The molecule has 15 heteroatoms. The number of aromatic nitrogens is 4. The quantitative estimate of drug-likeness (QED) is 0.265. The van der Waals surface area contributed by atoms with Crippen molar-refractivity contribution in [2.45, 2.75) is 45.2 Å². The van der Waals surface area contributed by atoms with E-state index < -0.39 is 44.5 Å². The first-order valence-electron chi connectivity index (χ1n) is 9.76. The number of hydrogen-bond donors (Lipinski definition) is 6. The van der Waals surface area contributed by atoms with Crippen LogP contribution in [0.3, 0.4) is 0 Å². The van der Waals surface area contributed by atoms with Gasteiger partial charge in [-0.2, -0.15) is 4.98 Å². The van der Waals surface area contributed by atoms with Crippen LogP contribution in [0.4, 0.5) is 5.95 Å². The van der Waals surface area contributed by atoms with Gasteiger partial charge in [-0.15, -0.1) is 0 Å². The van der Waals surface area contributed by atoms with Crippen molar-refractivity contribution in [2.24, 2.45) is 5.73 Å². The molecule has 2 aromatic heterocycles. The van der Waals surface area contributed by atoms with E-state index in [1.807, 2.05) is 0 Å². The number of rotatable bonds is 7. The summed E-state index contributed by atoms with van der Waals surface area (Å²) in [5.74, 6) is -0.136. The van der Waals surface area contributed by atoms with Gasteiger partial charge in [-0.1, -0.05) is 20.8 Å². The fourth-order valence-electron chi connectivity index (χ4n) is 3.13. The first-order valence-corrected chi connectivity index (χ1v) is 11.3. The van der Waals surface area contributed by atoms with Crippen LogP contribution in [0.5, 0.6) is 0 Å². The van der Waals surface area contributed by atoms with Crippen LogP contribution < -0.4 is 17.0 Å². The van der Waals surface area contributed by atoms with E-state index in [-0.39, 0.29) is 17.1 Å². The van der Waals surface area contributed by atoms with E-state index in [9.17, 15) is 14.5 Å². The minimum atomic E-state index is -4.72. The smallest absolute Gasteiger partial charge is 0.389 e. The number of phosphoric acid groups is 1. The maximum atomic E-state index is 11.8. The molecule has 176 valence electrons. The lowest BCUT2D eigenvalue weighted by Crippen LogP contribution is -2.40. The van der Waals surface area contributed by atoms with Crippen LogP contribution >= 0.6 is 7.82 Å². The summed E-state index contributed by atoms with van der Waals surface area (Å²) in [6, 6.07) is -0.977. The number of nitrogens with zero attached hydrogens (tertiary/aromatic N) is 4. The highest BCUT2D eigenvalue weighted by Gasteiger charge is 2.44. The Hall–Kier alpha value is -1.90. The van der Waals surface area contributed by atoms with E-state index in [1.54, 1.807) is 0 Å². The van der Waals surface area contributed by atoms with Crippen LogP contribution in [-0.2, 0) is 13.8 Å². The Morgan fingerprint density at radius 2 is 1.94 bits per heavy atom. The number of hydrogen-bond acceptors (Lipinski definition) is 10. The second-order valence-corrected chi connectivity index (χ2v) is 8.05. The van der Waals surface area contributed by atoms with Crippen LogP contribution in [0.15, 0.2) is 11.1 Å². The second-order valence-electron chi connectivity index (χ2n) is 6.81. The molecule has 1 saturated heterocycles. The summed E-state index contributed by atoms with van der Waals surface area (Å²) >= 11 is 0. The number of aliphatic hydroxyl groups excluding tert-OH is 1. The Kier molecular flexibility index (Phi) is 8.68. The molecule has 0 radical (unpaired) electrons. The molecular weight excluding hydrogens is 433 g/mol. The number of fused-ring (bicyclic) bond motifs is 1. The van der Waals surface area contributed by atoms with Crippen molar-refractivity contribution in [1.82, 2.24) is 24.4 Å². The normalized spacial score (nSPS) is 23.9. The van der Waals surface area contributed by atoms with E-state index in [0.29, 0.717) is 0 Å². The number of aromatic amines is 1. The standard InChI is InChI=1S/C10H15N6O7P.C6H15N/c11-4-6(17)3(1-22-24(19,20)21)23-9(4)16-2-13-5-7(16)14-10(12)15-8(5)18;1-4-7(5-2)6-3/h2-4,6,9,17H,1,11H2,(H2,19,20,21)(H3,12,14,15,18);4-6H2,1-3H3/t3-,4-,6-,9-;/m1./s1. The van der Waals surface area contributed by atoms with E-state index >= 15 is 0 Å². The summed E-state index contributed by atoms with van der Waals surface area (Å²) in [6.07, 6.45) is -2.09.